The molecule has 1 aromatic carbocycles. The SMILES string of the molecule is C[C@@H](c1ccc(Cl)cc1Cl)N(C)c1ccc2nnnn2n1. The molecule has 0 aliphatic rings. The van der Waals surface area contributed by atoms with E-state index >= 15 is 0 Å². The van der Waals surface area contributed by atoms with Crippen molar-refractivity contribution >= 4 is 34.7 Å². The summed E-state index contributed by atoms with van der Waals surface area (Å²) in [6, 6.07) is 9.19. The van der Waals surface area contributed by atoms with Crippen molar-refractivity contribution in [2.45, 2.75) is 13.0 Å². The van der Waals surface area contributed by atoms with Crippen molar-refractivity contribution in [1.82, 2.24) is 25.3 Å². The Morgan fingerprint density at radius 2 is 2.00 bits per heavy atom. The molecule has 0 saturated heterocycles. The van der Waals surface area contributed by atoms with Gasteiger partial charge in [0.15, 0.2) is 11.5 Å². The highest BCUT2D eigenvalue weighted by molar-refractivity contribution is 6.35. The van der Waals surface area contributed by atoms with Crippen molar-refractivity contribution in [3.05, 3.63) is 45.9 Å². The van der Waals surface area contributed by atoms with Gasteiger partial charge in [0.2, 0.25) is 0 Å². The van der Waals surface area contributed by atoms with Crippen molar-refractivity contribution in [3.8, 4) is 0 Å². The molecule has 21 heavy (non-hydrogen) atoms. The number of anilines is 1. The third kappa shape index (κ3) is 2.64. The predicted molar refractivity (Wildman–Crippen MR) is 81.9 cm³/mol. The van der Waals surface area contributed by atoms with Crippen LogP contribution in [0.1, 0.15) is 18.5 Å². The average Bonchev–Trinajstić information content (AvgIpc) is 2.93. The number of hydrogen-bond donors (Lipinski definition) is 0. The van der Waals surface area contributed by atoms with Crippen LogP contribution < -0.4 is 4.90 Å². The van der Waals surface area contributed by atoms with Crippen LogP contribution in [0.4, 0.5) is 5.82 Å². The van der Waals surface area contributed by atoms with Gasteiger partial charge in [0.05, 0.1) is 6.04 Å². The van der Waals surface area contributed by atoms with E-state index in [4.69, 9.17) is 23.2 Å². The maximum Gasteiger partial charge on any atom is 0.200 e. The first kappa shape index (κ1) is 14.0. The maximum absolute atomic E-state index is 6.26. The van der Waals surface area contributed by atoms with Crippen molar-refractivity contribution < 1.29 is 0 Å². The maximum atomic E-state index is 6.26. The molecule has 2 heterocycles. The summed E-state index contributed by atoms with van der Waals surface area (Å²) in [6.07, 6.45) is 0. The molecule has 0 radical (unpaired) electrons. The van der Waals surface area contributed by atoms with E-state index in [0.717, 1.165) is 11.4 Å². The molecule has 1 atom stereocenters. The van der Waals surface area contributed by atoms with Gasteiger partial charge in [-0.2, -0.15) is 0 Å². The minimum atomic E-state index is 0.0243. The van der Waals surface area contributed by atoms with Crippen LogP contribution in [0.25, 0.3) is 5.65 Å². The fourth-order valence-electron chi connectivity index (χ4n) is 2.08. The third-order valence-corrected chi connectivity index (χ3v) is 3.97. The zero-order valence-electron chi connectivity index (χ0n) is 11.4. The first-order chi connectivity index (χ1) is 10.1. The topological polar surface area (TPSA) is 59.2 Å². The van der Waals surface area contributed by atoms with Crippen LogP contribution in [0.2, 0.25) is 10.0 Å². The lowest BCUT2D eigenvalue weighted by Crippen LogP contribution is -2.23. The molecule has 3 aromatic rings. The summed E-state index contributed by atoms with van der Waals surface area (Å²) < 4.78 is 1.39. The van der Waals surface area contributed by atoms with Gasteiger partial charge in [-0.05, 0) is 47.2 Å². The number of aromatic nitrogens is 5. The van der Waals surface area contributed by atoms with Crippen LogP contribution in [-0.2, 0) is 0 Å². The highest BCUT2D eigenvalue weighted by atomic mass is 35.5. The van der Waals surface area contributed by atoms with Crippen LogP contribution in [0.15, 0.2) is 30.3 Å². The largest absolute Gasteiger partial charge is 0.351 e. The van der Waals surface area contributed by atoms with Gasteiger partial charge < -0.3 is 4.90 Å². The standard InChI is InChI=1S/C13H12Cl2N6/c1-8(10-4-3-9(14)7-11(10)15)20(2)13-6-5-12-16-18-19-21(12)17-13/h3-8H,1-2H3/t8-/m0/s1. The van der Waals surface area contributed by atoms with E-state index < -0.39 is 0 Å². The molecule has 0 aliphatic heterocycles. The van der Waals surface area contributed by atoms with Crippen LogP contribution in [0, 0.1) is 0 Å². The fourth-order valence-corrected chi connectivity index (χ4v) is 2.64. The Kier molecular flexibility index (Phi) is 3.65. The van der Waals surface area contributed by atoms with Gasteiger partial charge in [-0.15, -0.1) is 14.8 Å². The van der Waals surface area contributed by atoms with Gasteiger partial charge >= 0.3 is 0 Å². The van der Waals surface area contributed by atoms with E-state index in [9.17, 15) is 0 Å². The molecule has 0 saturated carbocycles. The normalized spacial score (nSPS) is 12.6. The number of halogens is 2. The Labute approximate surface area is 131 Å². The summed E-state index contributed by atoms with van der Waals surface area (Å²) in [5, 5.41) is 16.8. The van der Waals surface area contributed by atoms with E-state index in [1.807, 2.05) is 43.1 Å². The lowest BCUT2D eigenvalue weighted by molar-refractivity contribution is 0.684. The predicted octanol–water partition coefficient (Wildman–Crippen LogP) is 3.02. The van der Waals surface area contributed by atoms with Crippen molar-refractivity contribution in [1.29, 1.82) is 0 Å². The Hall–Kier alpha value is -1.92. The summed E-state index contributed by atoms with van der Waals surface area (Å²) in [5.74, 6) is 0.744. The summed E-state index contributed by atoms with van der Waals surface area (Å²) >= 11 is 12.2. The highest BCUT2D eigenvalue weighted by Crippen LogP contribution is 2.30. The molecule has 0 bridgehead atoms. The van der Waals surface area contributed by atoms with Crippen molar-refractivity contribution in [2.75, 3.05) is 11.9 Å². The second kappa shape index (κ2) is 5.46. The fraction of sp³-hybridized carbons (Fsp3) is 0.231. The lowest BCUT2D eigenvalue weighted by atomic mass is 10.1. The number of rotatable bonds is 3. The van der Waals surface area contributed by atoms with Gasteiger partial charge in [0.25, 0.3) is 0 Å². The molecule has 0 N–H and O–H groups in total. The molecule has 0 aliphatic carbocycles. The second-order valence-corrected chi connectivity index (χ2v) is 5.51. The van der Waals surface area contributed by atoms with E-state index in [-0.39, 0.29) is 6.04 Å². The third-order valence-electron chi connectivity index (χ3n) is 3.41. The summed E-state index contributed by atoms with van der Waals surface area (Å²) in [4.78, 5) is 2.00. The molecule has 0 unspecified atom stereocenters. The number of hydrogen-bond acceptors (Lipinski definition) is 5. The number of fused-ring (bicyclic) bond motifs is 1. The second-order valence-electron chi connectivity index (χ2n) is 4.67. The zero-order chi connectivity index (χ0) is 15.0. The van der Waals surface area contributed by atoms with E-state index in [2.05, 4.69) is 20.6 Å². The van der Waals surface area contributed by atoms with Gasteiger partial charge in [-0.3, -0.25) is 0 Å². The molecule has 8 heteroatoms. The van der Waals surface area contributed by atoms with Crippen molar-refractivity contribution in [3.63, 3.8) is 0 Å². The Morgan fingerprint density at radius 3 is 2.76 bits per heavy atom. The first-order valence-electron chi connectivity index (χ1n) is 6.29. The van der Waals surface area contributed by atoms with Crippen LogP contribution in [0.3, 0.4) is 0 Å². The number of tetrazole rings is 1. The van der Waals surface area contributed by atoms with Gasteiger partial charge in [-0.25, -0.2) is 0 Å². The highest BCUT2D eigenvalue weighted by Gasteiger charge is 2.17. The summed E-state index contributed by atoms with van der Waals surface area (Å²) in [5.41, 5.74) is 1.58. The number of benzene rings is 1. The Morgan fingerprint density at radius 1 is 1.19 bits per heavy atom. The average molecular weight is 323 g/mol. The lowest BCUT2D eigenvalue weighted by Gasteiger charge is -2.26. The molecule has 0 spiro atoms. The minimum Gasteiger partial charge on any atom is -0.351 e. The molecule has 0 fully saturated rings. The molecule has 2 aromatic heterocycles. The summed E-state index contributed by atoms with van der Waals surface area (Å²) in [6.45, 7) is 2.04. The molecule has 0 amide bonds. The zero-order valence-corrected chi connectivity index (χ0v) is 12.9. The Balaban J connectivity index is 1.94. The van der Waals surface area contributed by atoms with Gasteiger partial charge in [-0.1, -0.05) is 29.3 Å². The molecule has 6 nitrogen and oxygen atoms in total. The van der Waals surface area contributed by atoms with E-state index in [1.165, 1.54) is 4.63 Å². The van der Waals surface area contributed by atoms with Crippen LogP contribution in [-0.4, -0.2) is 32.3 Å². The quantitative estimate of drug-likeness (QED) is 0.741. The monoisotopic (exact) mass is 322 g/mol. The molecule has 3 rings (SSSR count). The first-order valence-corrected chi connectivity index (χ1v) is 7.05. The minimum absolute atomic E-state index is 0.0243. The molecular formula is C13H12Cl2N6. The van der Waals surface area contributed by atoms with Gasteiger partial charge in [0.1, 0.15) is 0 Å². The van der Waals surface area contributed by atoms with Crippen LogP contribution in [0.5, 0.6) is 0 Å². The smallest absolute Gasteiger partial charge is 0.200 e. The molecule has 108 valence electrons. The van der Waals surface area contributed by atoms with E-state index in [0.29, 0.717) is 15.7 Å². The van der Waals surface area contributed by atoms with E-state index in [1.54, 1.807) is 6.07 Å². The van der Waals surface area contributed by atoms with Crippen molar-refractivity contribution in [2.24, 2.45) is 0 Å². The Bertz CT molecular complexity index is 787. The van der Waals surface area contributed by atoms with Crippen LogP contribution >= 0.6 is 23.2 Å². The summed E-state index contributed by atoms with van der Waals surface area (Å²) in [7, 11) is 1.94. The number of nitrogens with zero attached hydrogens (tertiary/aromatic N) is 6. The molecular weight excluding hydrogens is 311 g/mol. The van der Waals surface area contributed by atoms with Gasteiger partial charge in [0, 0.05) is 17.1 Å².